The molecule has 0 radical (unpaired) electrons. The minimum Gasteiger partial charge on any atom is -0.296 e. The maximum atomic E-state index is 11.9. The first kappa shape index (κ1) is 10.9. The van der Waals surface area contributed by atoms with Gasteiger partial charge in [-0.15, -0.1) is 21.5 Å². The third kappa shape index (κ3) is 2.23. The molecular formula is C11H11N3OS2. The highest BCUT2D eigenvalue weighted by atomic mass is 32.1. The van der Waals surface area contributed by atoms with Gasteiger partial charge in [0, 0.05) is 5.92 Å². The van der Waals surface area contributed by atoms with Gasteiger partial charge in [-0.05, 0) is 36.8 Å². The van der Waals surface area contributed by atoms with E-state index >= 15 is 0 Å². The number of anilines is 1. The molecule has 88 valence electrons. The highest BCUT2D eigenvalue weighted by Gasteiger charge is 2.27. The van der Waals surface area contributed by atoms with Gasteiger partial charge in [-0.2, -0.15) is 0 Å². The van der Waals surface area contributed by atoms with Gasteiger partial charge in [0.15, 0.2) is 0 Å². The lowest BCUT2D eigenvalue weighted by atomic mass is 10.3. The minimum absolute atomic E-state index is 0.0870. The van der Waals surface area contributed by atoms with Crippen LogP contribution in [0.1, 0.15) is 39.0 Å². The fourth-order valence-electron chi connectivity index (χ4n) is 1.54. The van der Waals surface area contributed by atoms with Gasteiger partial charge >= 0.3 is 0 Å². The molecule has 3 rings (SSSR count). The van der Waals surface area contributed by atoms with E-state index in [1.807, 2.05) is 18.4 Å². The number of hydrogen-bond donors (Lipinski definition) is 1. The Bertz CT molecular complexity index is 557. The maximum absolute atomic E-state index is 11.9. The van der Waals surface area contributed by atoms with Crippen molar-refractivity contribution in [2.24, 2.45) is 0 Å². The quantitative estimate of drug-likeness (QED) is 0.928. The Balaban J connectivity index is 1.73. The molecule has 4 nitrogen and oxygen atoms in total. The molecule has 0 atom stereocenters. The Kier molecular flexibility index (Phi) is 2.68. The van der Waals surface area contributed by atoms with Crippen LogP contribution in [-0.4, -0.2) is 16.1 Å². The first-order valence-electron chi connectivity index (χ1n) is 5.43. The molecule has 6 heteroatoms. The van der Waals surface area contributed by atoms with Gasteiger partial charge in [0.1, 0.15) is 5.01 Å². The molecule has 2 heterocycles. The fourth-order valence-corrected chi connectivity index (χ4v) is 3.27. The average Bonchev–Trinajstić information content (AvgIpc) is 2.90. The molecule has 1 aliphatic rings. The summed E-state index contributed by atoms with van der Waals surface area (Å²) in [4.78, 5) is 12.7. The third-order valence-electron chi connectivity index (χ3n) is 2.66. The number of hydrogen-bond acceptors (Lipinski definition) is 5. The van der Waals surface area contributed by atoms with Crippen LogP contribution in [0.4, 0.5) is 5.13 Å². The summed E-state index contributed by atoms with van der Waals surface area (Å²) in [7, 11) is 0. The van der Waals surface area contributed by atoms with Crippen LogP contribution in [0.2, 0.25) is 0 Å². The van der Waals surface area contributed by atoms with Crippen molar-refractivity contribution < 1.29 is 4.79 Å². The summed E-state index contributed by atoms with van der Waals surface area (Å²) in [6.45, 7) is 1.93. The van der Waals surface area contributed by atoms with Crippen molar-refractivity contribution in [3.63, 3.8) is 0 Å². The summed E-state index contributed by atoms with van der Waals surface area (Å²) >= 11 is 2.93. The van der Waals surface area contributed by atoms with Crippen molar-refractivity contribution in [3.05, 3.63) is 26.9 Å². The molecule has 0 aliphatic heterocycles. The number of carbonyl (C=O) groups excluding carboxylic acids is 1. The molecule has 0 bridgehead atoms. The van der Waals surface area contributed by atoms with Gasteiger partial charge < -0.3 is 0 Å². The highest BCUT2D eigenvalue weighted by Crippen LogP contribution is 2.42. The van der Waals surface area contributed by atoms with Crippen LogP contribution in [0.5, 0.6) is 0 Å². The molecule has 17 heavy (non-hydrogen) atoms. The zero-order chi connectivity index (χ0) is 11.8. The van der Waals surface area contributed by atoms with Crippen LogP contribution in [0, 0.1) is 6.92 Å². The topological polar surface area (TPSA) is 54.9 Å². The number of rotatable bonds is 3. The standard InChI is InChI=1S/C11H11N3OS2/c1-6-4-5-16-8(6)9(15)12-11-14-13-10(17-11)7-2-3-7/h4-5,7H,2-3H2,1H3,(H,12,14,15). The fraction of sp³-hybridized carbons (Fsp3) is 0.364. The second-order valence-corrected chi connectivity index (χ2v) is 6.03. The van der Waals surface area contributed by atoms with Crippen LogP contribution < -0.4 is 5.32 Å². The number of aryl methyl sites for hydroxylation is 1. The summed E-state index contributed by atoms with van der Waals surface area (Å²) in [5, 5.41) is 14.5. The molecule has 1 aliphatic carbocycles. The van der Waals surface area contributed by atoms with Gasteiger partial charge in [0.25, 0.3) is 5.91 Å². The maximum Gasteiger partial charge on any atom is 0.267 e. The largest absolute Gasteiger partial charge is 0.296 e. The van der Waals surface area contributed by atoms with E-state index in [4.69, 9.17) is 0 Å². The first-order valence-corrected chi connectivity index (χ1v) is 7.12. The van der Waals surface area contributed by atoms with Crippen molar-refractivity contribution in [3.8, 4) is 0 Å². The highest BCUT2D eigenvalue weighted by molar-refractivity contribution is 7.16. The van der Waals surface area contributed by atoms with Crippen LogP contribution in [0.25, 0.3) is 0 Å². The van der Waals surface area contributed by atoms with Gasteiger partial charge in [-0.3, -0.25) is 10.1 Å². The van der Waals surface area contributed by atoms with Crippen molar-refractivity contribution >= 4 is 33.7 Å². The molecule has 0 saturated heterocycles. The lowest BCUT2D eigenvalue weighted by Crippen LogP contribution is -2.10. The van der Waals surface area contributed by atoms with Crippen molar-refractivity contribution in [2.75, 3.05) is 5.32 Å². The lowest BCUT2D eigenvalue weighted by Gasteiger charge is -1.98. The Hall–Kier alpha value is -1.27. The lowest BCUT2D eigenvalue weighted by molar-refractivity contribution is 0.103. The number of amides is 1. The molecule has 1 N–H and O–H groups in total. The Morgan fingerprint density at radius 2 is 2.29 bits per heavy atom. The van der Waals surface area contributed by atoms with E-state index in [0.717, 1.165) is 15.4 Å². The molecule has 1 amide bonds. The number of nitrogens with one attached hydrogen (secondary N) is 1. The SMILES string of the molecule is Cc1ccsc1C(=O)Nc1nnc(C2CC2)s1. The van der Waals surface area contributed by atoms with Gasteiger partial charge in [0.2, 0.25) is 5.13 Å². The van der Waals surface area contributed by atoms with Crippen LogP contribution in [0.15, 0.2) is 11.4 Å². The minimum atomic E-state index is -0.0870. The molecule has 0 aromatic carbocycles. The van der Waals surface area contributed by atoms with E-state index in [2.05, 4.69) is 15.5 Å². The van der Waals surface area contributed by atoms with Crippen LogP contribution in [0.3, 0.4) is 0 Å². The Labute approximate surface area is 107 Å². The summed E-state index contributed by atoms with van der Waals surface area (Å²) in [6, 6.07) is 1.94. The van der Waals surface area contributed by atoms with Gasteiger partial charge in [-0.25, -0.2) is 0 Å². The predicted octanol–water partition coefficient (Wildman–Crippen LogP) is 3.04. The second-order valence-electron chi connectivity index (χ2n) is 4.11. The van der Waals surface area contributed by atoms with E-state index in [1.165, 1.54) is 35.5 Å². The van der Waals surface area contributed by atoms with Gasteiger partial charge in [0.05, 0.1) is 4.88 Å². The Morgan fingerprint density at radius 3 is 2.94 bits per heavy atom. The molecule has 0 unspecified atom stereocenters. The van der Waals surface area contributed by atoms with Crippen molar-refractivity contribution in [1.82, 2.24) is 10.2 Å². The number of aromatic nitrogens is 2. The van der Waals surface area contributed by atoms with Crippen molar-refractivity contribution in [1.29, 1.82) is 0 Å². The van der Waals surface area contributed by atoms with Crippen LogP contribution in [-0.2, 0) is 0 Å². The zero-order valence-electron chi connectivity index (χ0n) is 9.27. The zero-order valence-corrected chi connectivity index (χ0v) is 10.9. The first-order chi connectivity index (χ1) is 8.24. The predicted molar refractivity (Wildman–Crippen MR) is 68.9 cm³/mol. The molecule has 2 aromatic heterocycles. The summed E-state index contributed by atoms with van der Waals surface area (Å²) in [5.41, 5.74) is 0.999. The molecular weight excluding hydrogens is 254 g/mol. The normalized spacial score (nSPS) is 14.9. The molecule has 1 saturated carbocycles. The molecule has 0 spiro atoms. The number of nitrogens with zero attached hydrogens (tertiary/aromatic N) is 2. The molecule has 1 fully saturated rings. The number of carbonyl (C=O) groups is 1. The number of thiophene rings is 1. The third-order valence-corrected chi connectivity index (χ3v) is 4.67. The Morgan fingerprint density at radius 1 is 1.47 bits per heavy atom. The second kappa shape index (κ2) is 4.19. The monoisotopic (exact) mass is 265 g/mol. The van der Waals surface area contributed by atoms with E-state index in [1.54, 1.807) is 0 Å². The van der Waals surface area contributed by atoms with E-state index in [0.29, 0.717) is 11.0 Å². The summed E-state index contributed by atoms with van der Waals surface area (Å²) < 4.78 is 0. The molecule has 2 aromatic rings. The van der Waals surface area contributed by atoms with Gasteiger partial charge in [-0.1, -0.05) is 11.3 Å². The average molecular weight is 265 g/mol. The van der Waals surface area contributed by atoms with Crippen molar-refractivity contribution in [2.45, 2.75) is 25.7 Å². The van der Waals surface area contributed by atoms with E-state index < -0.39 is 0 Å². The summed E-state index contributed by atoms with van der Waals surface area (Å²) in [5.74, 6) is 0.498. The van der Waals surface area contributed by atoms with E-state index in [9.17, 15) is 4.79 Å². The van der Waals surface area contributed by atoms with E-state index in [-0.39, 0.29) is 5.91 Å². The smallest absolute Gasteiger partial charge is 0.267 e. The summed E-state index contributed by atoms with van der Waals surface area (Å²) in [6.07, 6.45) is 2.40. The van der Waals surface area contributed by atoms with Crippen LogP contribution >= 0.6 is 22.7 Å².